The monoisotopic (exact) mass is 466 g/mol. The molecule has 0 radical (unpaired) electrons. The molecular weight excluding hydrogens is 443 g/mol. The summed E-state index contributed by atoms with van der Waals surface area (Å²) in [6.07, 6.45) is 8.51. The Morgan fingerprint density at radius 1 is 1.36 bits per heavy atom. The molecule has 2 bridgehead atoms. The van der Waals surface area contributed by atoms with Gasteiger partial charge in [0.1, 0.15) is 16.2 Å². The summed E-state index contributed by atoms with van der Waals surface area (Å²) in [5.74, 6) is -1.36. The minimum Gasteiger partial charge on any atom is -0.477 e. The summed E-state index contributed by atoms with van der Waals surface area (Å²) >= 11 is 1.17. The highest BCUT2D eigenvalue weighted by molar-refractivity contribution is 7.16. The highest BCUT2D eigenvalue weighted by Crippen LogP contribution is 2.60. The molecule has 170 valence electrons. The van der Waals surface area contributed by atoms with Crippen LogP contribution < -0.4 is 16.1 Å². The van der Waals surface area contributed by atoms with Crippen molar-refractivity contribution in [1.29, 1.82) is 0 Å². The normalized spacial score (nSPS) is 30.4. The Morgan fingerprint density at radius 3 is 2.82 bits per heavy atom. The maximum atomic E-state index is 15.7. The van der Waals surface area contributed by atoms with Crippen LogP contribution in [0.3, 0.4) is 0 Å². The fourth-order valence-corrected chi connectivity index (χ4v) is 7.42. The van der Waals surface area contributed by atoms with Gasteiger partial charge in [-0.25, -0.2) is 9.18 Å². The van der Waals surface area contributed by atoms with Crippen molar-refractivity contribution < 1.29 is 14.3 Å². The Morgan fingerprint density at radius 2 is 2.12 bits per heavy atom. The van der Waals surface area contributed by atoms with Crippen LogP contribution in [0.2, 0.25) is 0 Å². The minimum absolute atomic E-state index is 0.00550. The third kappa shape index (κ3) is 2.54. The van der Waals surface area contributed by atoms with E-state index in [0.717, 1.165) is 6.42 Å². The lowest BCUT2D eigenvalue weighted by molar-refractivity contribution is 0.0697. The highest BCUT2D eigenvalue weighted by atomic mass is 32.1. The number of benzene rings is 1. The van der Waals surface area contributed by atoms with Gasteiger partial charge in [0.2, 0.25) is 5.43 Å². The number of hydrogen-bond donors (Lipinski definition) is 2. The number of pyridine rings is 1. The van der Waals surface area contributed by atoms with E-state index < -0.39 is 17.2 Å². The average molecular weight is 467 g/mol. The number of hydrogen-bond acceptors (Lipinski definition) is 6. The number of nitrogens with two attached hydrogens (primary N) is 1. The number of carboxylic acid groups (broad SMARTS) is 1. The summed E-state index contributed by atoms with van der Waals surface area (Å²) in [5, 5.41) is 11.4. The van der Waals surface area contributed by atoms with Crippen molar-refractivity contribution in [1.82, 2.24) is 4.40 Å². The van der Waals surface area contributed by atoms with Gasteiger partial charge in [-0.05, 0) is 23.8 Å². The predicted molar refractivity (Wildman–Crippen MR) is 127 cm³/mol. The molecule has 3 aliphatic rings. The molecule has 0 amide bonds. The molecule has 3 N–H and O–H groups in total. The summed E-state index contributed by atoms with van der Waals surface area (Å²) in [6, 6.07) is 1.18. The van der Waals surface area contributed by atoms with Crippen LogP contribution in [0.5, 0.6) is 0 Å². The van der Waals surface area contributed by atoms with Crippen molar-refractivity contribution in [2.24, 2.45) is 28.0 Å². The summed E-state index contributed by atoms with van der Waals surface area (Å²) in [6.45, 7) is 3.49. The fraction of sp³-hybridized carbons (Fsp3) is 0.375. The van der Waals surface area contributed by atoms with Gasteiger partial charge in [-0.3, -0.25) is 9.79 Å². The smallest absolute Gasteiger partial charge is 0.342 e. The van der Waals surface area contributed by atoms with Gasteiger partial charge in [0, 0.05) is 54.9 Å². The Bertz CT molecular complexity index is 1460. The molecule has 4 atom stereocenters. The molecule has 9 heteroatoms. The van der Waals surface area contributed by atoms with E-state index in [9.17, 15) is 14.7 Å². The summed E-state index contributed by atoms with van der Waals surface area (Å²) < 4.78 is 17.4. The van der Waals surface area contributed by atoms with Crippen LogP contribution >= 0.6 is 11.3 Å². The quantitative estimate of drug-likeness (QED) is 0.456. The van der Waals surface area contributed by atoms with E-state index >= 15 is 4.39 Å². The van der Waals surface area contributed by atoms with Crippen molar-refractivity contribution in [2.75, 3.05) is 25.0 Å². The second-order valence-electron chi connectivity index (χ2n) is 9.74. The zero-order chi connectivity index (χ0) is 23.3. The standard InChI is InChI=1S/C24H23FN4O3S/c1-23-3-4-24(26,11-23)15-10-28(9-14(15)23)19-13(8-27-2)18-12(7-16(19)25)20(30)17(22(31)32)21-29(18)5-6-33-21/h3-8,14-15H,9-11,26H2,1-2H3,(H,31,32). The first-order valence-electron chi connectivity index (χ1n) is 10.9. The van der Waals surface area contributed by atoms with Crippen LogP contribution in [0.1, 0.15) is 29.3 Å². The summed E-state index contributed by atoms with van der Waals surface area (Å²) in [4.78, 5) is 31.5. The van der Waals surface area contributed by atoms with Gasteiger partial charge in [-0.1, -0.05) is 19.1 Å². The summed E-state index contributed by atoms with van der Waals surface area (Å²) in [5.41, 5.74) is 6.64. The molecule has 3 heterocycles. The van der Waals surface area contributed by atoms with Crippen molar-refractivity contribution in [2.45, 2.75) is 18.9 Å². The van der Waals surface area contributed by atoms with Crippen LogP contribution in [0.4, 0.5) is 10.1 Å². The number of fused-ring (bicyclic) bond motifs is 8. The topological polar surface area (TPSA) is 100 Å². The molecule has 6 rings (SSSR count). The molecule has 1 saturated carbocycles. The molecule has 2 fully saturated rings. The number of anilines is 1. The van der Waals surface area contributed by atoms with Gasteiger partial charge in [0.05, 0.1) is 16.6 Å². The van der Waals surface area contributed by atoms with Crippen molar-refractivity contribution in [3.8, 4) is 0 Å². The minimum atomic E-state index is -1.33. The lowest BCUT2D eigenvalue weighted by Gasteiger charge is -2.29. The molecule has 1 aromatic carbocycles. The lowest BCUT2D eigenvalue weighted by atomic mass is 9.76. The third-order valence-electron chi connectivity index (χ3n) is 7.90. The van der Waals surface area contributed by atoms with E-state index in [4.69, 9.17) is 5.73 Å². The number of aliphatic imine (C=N–C) groups is 1. The first kappa shape index (κ1) is 20.6. The van der Waals surface area contributed by atoms with Gasteiger partial charge >= 0.3 is 5.97 Å². The molecule has 3 aromatic rings. The van der Waals surface area contributed by atoms with Gasteiger partial charge < -0.3 is 20.1 Å². The fourth-order valence-electron chi connectivity index (χ4n) is 6.54. The van der Waals surface area contributed by atoms with Gasteiger partial charge in [-0.15, -0.1) is 11.3 Å². The van der Waals surface area contributed by atoms with E-state index in [2.05, 4.69) is 24.1 Å². The van der Waals surface area contributed by atoms with E-state index in [1.807, 2.05) is 4.90 Å². The lowest BCUT2D eigenvalue weighted by Crippen LogP contribution is -2.43. The SMILES string of the molecule is CN=Cc1c(N2CC3C(C2)C2(N)C=CC3(C)C2)c(F)cc2c(=O)c(C(=O)O)c3sccn3c12. The van der Waals surface area contributed by atoms with E-state index in [1.165, 1.54) is 17.4 Å². The van der Waals surface area contributed by atoms with Gasteiger partial charge in [0.15, 0.2) is 0 Å². The Kier molecular flexibility index (Phi) is 4.06. The Labute approximate surface area is 192 Å². The zero-order valence-electron chi connectivity index (χ0n) is 18.2. The van der Waals surface area contributed by atoms with Crippen LogP contribution in [-0.2, 0) is 0 Å². The molecule has 1 aliphatic heterocycles. The molecule has 33 heavy (non-hydrogen) atoms. The van der Waals surface area contributed by atoms with Crippen LogP contribution in [0.15, 0.2) is 39.6 Å². The maximum Gasteiger partial charge on any atom is 0.342 e. The van der Waals surface area contributed by atoms with Gasteiger partial charge in [0.25, 0.3) is 0 Å². The first-order valence-corrected chi connectivity index (χ1v) is 11.7. The Hall–Kier alpha value is -3.04. The van der Waals surface area contributed by atoms with Gasteiger partial charge in [-0.2, -0.15) is 0 Å². The second kappa shape index (κ2) is 6.51. The predicted octanol–water partition coefficient (Wildman–Crippen LogP) is 3.13. The number of rotatable bonds is 3. The second-order valence-corrected chi connectivity index (χ2v) is 10.6. The highest BCUT2D eigenvalue weighted by Gasteiger charge is 2.62. The number of carbonyl (C=O) groups is 1. The van der Waals surface area contributed by atoms with E-state index in [0.29, 0.717) is 40.6 Å². The van der Waals surface area contributed by atoms with Crippen LogP contribution in [0, 0.1) is 23.1 Å². The van der Waals surface area contributed by atoms with Crippen LogP contribution in [0.25, 0.3) is 15.7 Å². The van der Waals surface area contributed by atoms with Crippen LogP contribution in [-0.4, -0.2) is 47.4 Å². The number of carboxylic acids is 1. The molecule has 4 unspecified atom stereocenters. The third-order valence-corrected chi connectivity index (χ3v) is 8.79. The number of thiazole rings is 1. The van der Waals surface area contributed by atoms with E-state index in [-0.39, 0.29) is 27.8 Å². The van der Waals surface area contributed by atoms with Crippen molar-refractivity contribution in [3.05, 3.63) is 57.0 Å². The number of nitrogens with zero attached hydrogens (tertiary/aromatic N) is 3. The number of allylic oxidation sites excluding steroid dienone is 1. The van der Waals surface area contributed by atoms with E-state index in [1.54, 1.807) is 29.2 Å². The molecule has 0 spiro atoms. The number of halogens is 1. The van der Waals surface area contributed by atoms with Crippen molar-refractivity contribution >= 4 is 44.9 Å². The maximum absolute atomic E-state index is 15.7. The molecular formula is C24H23FN4O3S. The zero-order valence-corrected chi connectivity index (χ0v) is 19.0. The Balaban J connectivity index is 1.61. The number of aromatic nitrogens is 1. The molecule has 2 aliphatic carbocycles. The molecule has 1 saturated heterocycles. The summed E-state index contributed by atoms with van der Waals surface area (Å²) in [7, 11) is 1.60. The molecule has 7 nitrogen and oxygen atoms in total. The number of aromatic carboxylic acids is 1. The average Bonchev–Trinajstić information content (AvgIpc) is 3.49. The largest absolute Gasteiger partial charge is 0.477 e. The molecule has 2 aromatic heterocycles. The van der Waals surface area contributed by atoms with Crippen molar-refractivity contribution in [3.63, 3.8) is 0 Å². The first-order chi connectivity index (χ1) is 15.7.